The van der Waals surface area contributed by atoms with Crippen LogP contribution < -0.4 is 5.32 Å². The molecule has 0 bridgehead atoms. The first-order valence-corrected chi connectivity index (χ1v) is 6.20. The zero-order valence-corrected chi connectivity index (χ0v) is 12.0. The predicted molar refractivity (Wildman–Crippen MR) is 74.1 cm³/mol. The Morgan fingerprint density at radius 2 is 2.00 bits per heavy atom. The van der Waals surface area contributed by atoms with Gasteiger partial charge in [-0.15, -0.1) is 0 Å². The number of carbonyl (C=O) groups is 2. The topological polar surface area (TPSA) is 73.9 Å². The first-order valence-electron chi connectivity index (χ1n) is 5.83. The Balaban J connectivity index is 2.68. The van der Waals surface area contributed by atoms with Crippen molar-refractivity contribution in [2.75, 3.05) is 39.4 Å². The number of benzene rings is 1. The number of esters is 1. The van der Waals surface area contributed by atoms with Crippen LogP contribution in [0.15, 0.2) is 18.2 Å². The molecule has 1 amide bonds. The maximum Gasteiger partial charge on any atom is 0.339 e. The number of amides is 1. The van der Waals surface area contributed by atoms with E-state index in [1.165, 1.54) is 26.4 Å². The van der Waals surface area contributed by atoms with E-state index in [-0.39, 0.29) is 17.9 Å². The molecule has 0 radical (unpaired) electrons. The number of rotatable bonds is 7. The minimum absolute atomic E-state index is 0.142. The summed E-state index contributed by atoms with van der Waals surface area (Å²) >= 11 is 5.84. The molecule has 0 atom stereocenters. The lowest BCUT2D eigenvalue weighted by molar-refractivity contribution is -0.121. The van der Waals surface area contributed by atoms with Gasteiger partial charge in [0.15, 0.2) is 0 Å². The van der Waals surface area contributed by atoms with Gasteiger partial charge in [-0.05, 0) is 18.2 Å². The van der Waals surface area contributed by atoms with E-state index in [2.05, 4.69) is 10.1 Å². The molecular formula is C13H16ClNO5. The summed E-state index contributed by atoms with van der Waals surface area (Å²) in [7, 11) is 2.80. The number of hydrogen-bond donors (Lipinski definition) is 1. The normalized spacial score (nSPS) is 10.2. The molecule has 0 aliphatic rings. The monoisotopic (exact) mass is 301 g/mol. The van der Waals surface area contributed by atoms with E-state index < -0.39 is 11.9 Å². The molecule has 0 saturated heterocycles. The Hall–Kier alpha value is -1.63. The third-order valence-electron chi connectivity index (χ3n) is 2.33. The summed E-state index contributed by atoms with van der Waals surface area (Å²) in [6, 6.07) is 4.50. The summed E-state index contributed by atoms with van der Waals surface area (Å²) < 4.78 is 14.5. The van der Waals surface area contributed by atoms with Gasteiger partial charge in [0.05, 0.1) is 31.6 Å². The van der Waals surface area contributed by atoms with Crippen molar-refractivity contribution in [2.45, 2.75) is 0 Å². The first kappa shape index (κ1) is 16.4. The van der Waals surface area contributed by atoms with Crippen molar-refractivity contribution in [3.63, 3.8) is 0 Å². The fourth-order valence-electron chi connectivity index (χ4n) is 1.40. The molecule has 20 heavy (non-hydrogen) atoms. The zero-order chi connectivity index (χ0) is 15.0. The number of carbonyl (C=O) groups excluding carboxylic acids is 2. The van der Waals surface area contributed by atoms with Gasteiger partial charge in [-0.25, -0.2) is 4.79 Å². The Labute approximate surface area is 122 Å². The van der Waals surface area contributed by atoms with E-state index in [4.69, 9.17) is 21.1 Å². The minimum Gasteiger partial charge on any atom is -0.465 e. The molecule has 0 aromatic heterocycles. The van der Waals surface area contributed by atoms with E-state index in [0.717, 1.165) is 0 Å². The molecule has 0 unspecified atom stereocenters. The molecule has 1 aromatic carbocycles. The van der Waals surface area contributed by atoms with E-state index in [9.17, 15) is 9.59 Å². The molecule has 6 nitrogen and oxygen atoms in total. The van der Waals surface area contributed by atoms with Crippen molar-refractivity contribution < 1.29 is 23.8 Å². The van der Waals surface area contributed by atoms with E-state index in [1.807, 2.05) is 0 Å². The van der Waals surface area contributed by atoms with Gasteiger partial charge in [0.1, 0.15) is 6.61 Å². The van der Waals surface area contributed by atoms with Crippen molar-refractivity contribution in [3.05, 3.63) is 28.8 Å². The van der Waals surface area contributed by atoms with Crippen LogP contribution in [0.25, 0.3) is 0 Å². The standard InChI is InChI=1S/C13H16ClNO5/c1-18-5-6-20-8-12(16)15-11-7-9(14)3-4-10(11)13(17)19-2/h3-4,7H,5-6,8H2,1-2H3,(H,15,16). The number of anilines is 1. The molecule has 1 rings (SSSR count). The SMILES string of the molecule is COCCOCC(=O)Nc1cc(Cl)ccc1C(=O)OC. The highest BCUT2D eigenvalue weighted by Crippen LogP contribution is 2.21. The summed E-state index contributed by atoms with van der Waals surface area (Å²) in [4.78, 5) is 23.2. The van der Waals surface area contributed by atoms with Gasteiger partial charge in [-0.2, -0.15) is 0 Å². The van der Waals surface area contributed by atoms with Gasteiger partial charge in [0, 0.05) is 12.1 Å². The minimum atomic E-state index is -0.558. The largest absolute Gasteiger partial charge is 0.465 e. The average molecular weight is 302 g/mol. The third kappa shape index (κ3) is 5.16. The van der Waals surface area contributed by atoms with Crippen LogP contribution in [0.1, 0.15) is 10.4 Å². The van der Waals surface area contributed by atoms with Crippen LogP contribution in [0.5, 0.6) is 0 Å². The van der Waals surface area contributed by atoms with Gasteiger partial charge in [0.2, 0.25) is 5.91 Å². The number of halogens is 1. The second kappa shape index (κ2) is 8.52. The highest BCUT2D eigenvalue weighted by Gasteiger charge is 2.14. The van der Waals surface area contributed by atoms with Crippen LogP contribution in [0.2, 0.25) is 5.02 Å². The van der Waals surface area contributed by atoms with E-state index in [1.54, 1.807) is 6.07 Å². The van der Waals surface area contributed by atoms with Gasteiger partial charge in [-0.3, -0.25) is 4.79 Å². The van der Waals surface area contributed by atoms with Crippen LogP contribution in [0.3, 0.4) is 0 Å². The molecule has 1 aromatic rings. The smallest absolute Gasteiger partial charge is 0.339 e. The predicted octanol–water partition coefficient (Wildman–Crippen LogP) is 1.73. The average Bonchev–Trinajstić information content (AvgIpc) is 2.43. The summed E-state index contributed by atoms with van der Waals surface area (Å²) in [5.74, 6) is -0.953. The fraction of sp³-hybridized carbons (Fsp3) is 0.385. The van der Waals surface area contributed by atoms with Crippen LogP contribution in [0, 0.1) is 0 Å². The van der Waals surface area contributed by atoms with Crippen LogP contribution in [-0.4, -0.2) is 45.9 Å². The van der Waals surface area contributed by atoms with E-state index >= 15 is 0 Å². The molecule has 0 fully saturated rings. The van der Waals surface area contributed by atoms with Crippen molar-refractivity contribution in [3.8, 4) is 0 Å². The quantitative estimate of drug-likeness (QED) is 0.613. The Morgan fingerprint density at radius 1 is 1.25 bits per heavy atom. The summed E-state index contributed by atoms with van der Waals surface area (Å²) in [6.45, 7) is 0.567. The molecule has 7 heteroatoms. The lowest BCUT2D eigenvalue weighted by Crippen LogP contribution is -2.21. The van der Waals surface area contributed by atoms with Crippen molar-refractivity contribution >= 4 is 29.2 Å². The lowest BCUT2D eigenvalue weighted by atomic mass is 10.2. The number of methoxy groups -OCH3 is 2. The Kier molecular flexibility index (Phi) is 7.00. The molecule has 0 heterocycles. The lowest BCUT2D eigenvalue weighted by Gasteiger charge is -2.10. The maximum atomic E-state index is 11.7. The molecule has 0 spiro atoms. The number of hydrogen-bond acceptors (Lipinski definition) is 5. The molecule has 1 N–H and O–H groups in total. The Bertz CT molecular complexity index is 478. The van der Waals surface area contributed by atoms with E-state index in [0.29, 0.717) is 18.2 Å². The van der Waals surface area contributed by atoms with Crippen LogP contribution >= 0.6 is 11.6 Å². The number of ether oxygens (including phenoxy) is 3. The zero-order valence-electron chi connectivity index (χ0n) is 11.3. The third-order valence-corrected chi connectivity index (χ3v) is 2.56. The van der Waals surface area contributed by atoms with Crippen LogP contribution in [-0.2, 0) is 19.0 Å². The van der Waals surface area contributed by atoms with Gasteiger partial charge >= 0.3 is 5.97 Å². The Morgan fingerprint density at radius 3 is 2.65 bits per heavy atom. The summed E-state index contributed by atoms with van der Waals surface area (Å²) in [5, 5.41) is 2.95. The highest BCUT2D eigenvalue weighted by atomic mass is 35.5. The fourth-order valence-corrected chi connectivity index (χ4v) is 1.57. The van der Waals surface area contributed by atoms with Crippen molar-refractivity contribution in [2.24, 2.45) is 0 Å². The molecule has 0 saturated carbocycles. The maximum absolute atomic E-state index is 11.7. The summed E-state index contributed by atoms with van der Waals surface area (Å²) in [5.41, 5.74) is 0.506. The molecule has 110 valence electrons. The second-order valence-corrected chi connectivity index (χ2v) is 4.21. The first-order chi connectivity index (χ1) is 9.58. The van der Waals surface area contributed by atoms with Gasteiger partial charge < -0.3 is 19.5 Å². The highest BCUT2D eigenvalue weighted by molar-refractivity contribution is 6.31. The summed E-state index contributed by atoms with van der Waals surface area (Å²) in [6.07, 6.45) is 0. The second-order valence-electron chi connectivity index (χ2n) is 3.78. The number of nitrogens with one attached hydrogen (secondary N) is 1. The van der Waals surface area contributed by atoms with Crippen molar-refractivity contribution in [1.29, 1.82) is 0 Å². The van der Waals surface area contributed by atoms with Crippen LogP contribution in [0.4, 0.5) is 5.69 Å². The molecular weight excluding hydrogens is 286 g/mol. The van der Waals surface area contributed by atoms with Gasteiger partial charge in [0.25, 0.3) is 0 Å². The van der Waals surface area contributed by atoms with Crippen molar-refractivity contribution in [1.82, 2.24) is 0 Å². The van der Waals surface area contributed by atoms with Gasteiger partial charge in [-0.1, -0.05) is 11.6 Å². The molecule has 0 aliphatic carbocycles. The molecule has 0 aliphatic heterocycles.